The van der Waals surface area contributed by atoms with Gasteiger partial charge in [-0.2, -0.15) is 0 Å². The number of fused-ring (bicyclic) bond motifs is 1. The number of rotatable bonds is 5. The van der Waals surface area contributed by atoms with Crippen LogP contribution in [-0.4, -0.2) is 33.3 Å². The molecule has 27 heavy (non-hydrogen) atoms. The summed E-state index contributed by atoms with van der Waals surface area (Å²) >= 11 is 0. The first-order chi connectivity index (χ1) is 12.6. The monoisotopic (exact) mass is 389 g/mol. The lowest BCUT2D eigenvalue weighted by molar-refractivity contribution is -0.133. The van der Waals surface area contributed by atoms with Gasteiger partial charge < -0.3 is 15.4 Å². The number of primary sulfonamides is 1. The predicted molar refractivity (Wildman–Crippen MR) is 98.8 cm³/mol. The van der Waals surface area contributed by atoms with Crippen LogP contribution in [0.25, 0.3) is 0 Å². The number of benzene rings is 2. The summed E-state index contributed by atoms with van der Waals surface area (Å²) in [4.78, 5) is 26.0. The number of Topliss-reactive ketones (excluding diaryl/α,β-unsaturated/α-hetero) is 1. The van der Waals surface area contributed by atoms with Crippen molar-refractivity contribution >= 4 is 27.5 Å². The van der Waals surface area contributed by atoms with Crippen LogP contribution in [0.1, 0.15) is 17.2 Å². The van der Waals surface area contributed by atoms with Gasteiger partial charge in [-0.25, -0.2) is 18.4 Å². The lowest BCUT2D eigenvalue weighted by Gasteiger charge is -2.30. The van der Waals surface area contributed by atoms with Gasteiger partial charge in [-0.1, -0.05) is 18.2 Å². The van der Waals surface area contributed by atoms with Crippen LogP contribution in [0.5, 0.6) is 5.75 Å². The molecule has 1 aliphatic heterocycles. The molecule has 0 spiro atoms. The third-order valence-corrected chi connectivity index (χ3v) is 5.19. The molecule has 0 fully saturated rings. The average Bonchev–Trinajstić information content (AvgIpc) is 2.59. The molecule has 142 valence electrons. The number of esters is 1. The fourth-order valence-corrected chi connectivity index (χ4v) is 3.35. The highest BCUT2D eigenvalue weighted by atomic mass is 32.2. The Labute approximate surface area is 156 Å². The van der Waals surface area contributed by atoms with Gasteiger partial charge in [0.2, 0.25) is 10.0 Å². The summed E-state index contributed by atoms with van der Waals surface area (Å²) in [5.74, 6) is -0.364. The van der Waals surface area contributed by atoms with E-state index in [0.29, 0.717) is 17.0 Å². The van der Waals surface area contributed by atoms with Gasteiger partial charge in [0.1, 0.15) is 6.54 Å². The number of nitrogens with two attached hydrogens (primary N) is 2. The van der Waals surface area contributed by atoms with Crippen LogP contribution in [-0.2, 0) is 19.6 Å². The number of aryl methyl sites for hydroxylation is 1. The van der Waals surface area contributed by atoms with E-state index in [1.807, 2.05) is 13.0 Å². The standard InChI is InChI=1S/C18H19N3O5S/c1-11-2-7-14-16(8-11)26-17(23)10-21(14)9-15(22)18(19)12-3-5-13(6-4-12)27(20,24)25/h2-8,18H,9-10,19H2,1H3,(H2,20,24,25). The van der Waals surface area contributed by atoms with Gasteiger partial charge in [-0.15, -0.1) is 0 Å². The van der Waals surface area contributed by atoms with Crippen molar-refractivity contribution < 1.29 is 22.7 Å². The van der Waals surface area contributed by atoms with Crippen LogP contribution in [0, 0.1) is 6.92 Å². The van der Waals surface area contributed by atoms with Crippen molar-refractivity contribution in [3.05, 3.63) is 53.6 Å². The Balaban J connectivity index is 1.78. The molecular formula is C18H19N3O5S. The van der Waals surface area contributed by atoms with E-state index in [2.05, 4.69) is 0 Å². The van der Waals surface area contributed by atoms with Gasteiger partial charge in [-0.05, 0) is 42.3 Å². The van der Waals surface area contributed by atoms with Crippen molar-refractivity contribution in [2.24, 2.45) is 10.9 Å². The number of carbonyl (C=O) groups is 2. The smallest absolute Gasteiger partial charge is 0.331 e. The maximum absolute atomic E-state index is 12.6. The van der Waals surface area contributed by atoms with Gasteiger partial charge in [0, 0.05) is 0 Å². The van der Waals surface area contributed by atoms with Gasteiger partial charge in [0.05, 0.1) is 23.2 Å². The zero-order valence-corrected chi connectivity index (χ0v) is 15.4. The second kappa shape index (κ2) is 7.10. The number of sulfonamides is 1. The molecule has 1 aliphatic rings. The molecule has 2 aromatic carbocycles. The highest BCUT2D eigenvalue weighted by Crippen LogP contribution is 2.33. The van der Waals surface area contributed by atoms with E-state index in [1.165, 1.54) is 24.3 Å². The Morgan fingerprint density at radius 1 is 1.22 bits per heavy atom. The Morgan fingerprint density at radius 3 is 2.52 bits per heavy atom. The van der Waals surface area contributed by atoms with E-state index in [9.17, 15) is 18.0 Å². The largest absolute Gasteiger partial charge is 0.423 e. The lowest BCUT2D eigenvalue weighted by Crippen LogP contribution is -2.42. The summed E-state index contributed by atoms with van der Waals surface area (Å²) in [5.41, 5.74) is 8.05. The summed E-state index contributed by atoms with van der Waals surface area (Å²) < 4.78 is 27.8. The van der Waals surface area contributed by atoms with Crippen molar-refractivity contribution in [1.29, 1.82) is 0 Å². The first-order valence-corrected chi connectivity index (χ1v) is 9.67. The molecule has 1 heterocycles. The predicted octanol–water partition coefficient (Wildman–Crippen LogP) is 0.637. The molecular weight excluding hydrogens is 370 g/mol. The average molecular weight is 389 g/mol. The van der Waals surface area contributed by atoms with E-state index in [4.69, 9.17) is 15.6 Å². The van der Waals surface area contributed by atoms with Gasteiger partial charge in [-0.3, -0.25) is 4.79 Å². The minimum Gasteiger partial charge on any atom is -0.423 e. The highest BCUT2D eigenvalue weighted by Gasteiger charge is 2.27. The molecule has 0 amide bonds. The fourth-order valence-electron chi connectivity index (χ4n) is 2.84. The number of hydrogen-bond acceptors (Lipinski definition) is 7. The van der Waals surface area contributed by atoms with Crippen LogP contribution in [0.3, 0.4) is 0 Å². The summed E-state index contributed by atoms with van der Waals surface area (Å²) in [5, 5.41) is 5.06. The van der Waals surface area contributed by atoms with Crippen LogP contribution in [0.4, 0.5) is 5.69 Å². The summed E-state index contributed by atoms with van der Waals surface area (Å²) in [6.45, 7) is 1.74. The molecule has 0 radical (unpaired) electrons. The molecule has 0 aromatic heterocycles. The minimum absolute atomic E-state index is 0.0567. The third-order valence-electron chi connectivity index (χ3n) is 4.26. The molecule has 1 unspecified atom stereocenters. The number of ketones is 1. The Bertz CT molecular complexity index is 1000. The van der Waals surface area contributed by atoms with Crippen molar-refractivity contribution in [3.8, 4) is 5.75 Å². The quantitative estimate of drug-likeness (QED) is 0.566. The second-order valence-electron chi connectivity index (χ2n) is 6.36. The maximum Gasteiger partial charge on any atom is 0.331 e. The number of ether oxygens (including phenoxy) is 1. The third kappa shape index (κ3) is 4.16. The Hall–Kier alpha value is -2.75. The first-order valence-electron chi connectivity index (χ1n) is 8.12. The molecule has 0 saturated carbocycles. The maximum atomic E-state index is 12.6. The Kier molecular flexibility index (Phi) is 5.01. The van der Waals surface area contributed by atoms with E-state index < -0.39 is 22.0 Å². The number of carbonyl (C=O) groups excluding carboxylic acids is 2. The zero-order chi connectivity index (χ0) is 19.8. The number of nitrogens with zero attached hydrogens (tertiary/aromatic N) is 1. The first kappa shape index (κ1) is 19.0. The van der Waals surface area contributed by atoms with Gasteiger partial charge in [0.25, 0.3) is 0 Å². The second-order valence-corrected chi connectivity index (χ2v) is 7.92. The van der Waals surface area contributed by atoms with E-state index in [0.717, 1.165) is 5.56 Å². The van der Waals surface area contributed by atoms with Crippen LogP contribution in [0.2, 0.25) is 0 Å². The van der Waals surface area contributed by atoms with Crippen LogP contribution >= 0.6 is 0 Å². The molecule has 2 aromatic rings. The SMILES string of the molecule is Cc1ccc2c(c1)OC(=O)CN2CC(=O)C(N)c1ccc(S(N)(=O)=O)cc1. The van der Waals surface area contributed by atoms with Crippen molar-refractivity contribution in [1.82, 2.24) is 0 Å². The van der Waals surface area contributed by atoms with Crippen molar-refractivity contribution in [2.45, 2.75) is 17.9 Å². The normalized spacial score (nSPS) is 15.1. The molecule has 0 aliphatic carbocycles. The van der Waals surface area contributed by atoms with E-state index in [1.54, 1.807) is 17.0 Å². The van der Waals surface area contributed by atoms with E-state index >= 15 is 0 Å². The topological polar surface area (TPSA) is 133 Å². The molecule has 1 atom stereocenters. The van der Waals surface area contributed by atoms with Gasteiger partial charge >= 0.3 is 5.97 Å². The summed E-state index contributed by atoms with van der Waals surface area (Å²) in [6.07, 6.45) is 0. The molecule has 4 N–H and O–H groups in total. The lowest BCUT2D eigenvalue weighted by atomic mass is 10.0. The van der Waals surface area contributed by atoms with Gasteiger partial charge in [0.15, 0.2) is 11.5 Å². The summed E-state index contributed by atoms with van der Waals surface area (Å²) in [6, 6.07) is 9.91. The van der Waals surface area contributed by atoms with Crippen molar-refractivity contribution in [3.63, 3.8) is 0 Å². The van der Waals surface area contributed by atoms with Crippen LogP contribution in [0.15, 0.2) is 47.4 Å². The fraction of sp³-hybridized carbons (Fsp3) is 0.222. The minimum atomic E-state index is -3.82. The zero-order valence-electron chi connectivity index (χ0n) is 14.6. The Morgan fingerprint density at radius 2 is 1.89 bits per heavy atom. The molecule has 9 heteroatoms. The molecule has 8 nitrogen and oxygen atoms in total. The molecule has 3 rings (SSSR count). The van der Waals surface area contributed by atoms with Crippen LogP contribution < -0.4 is 20.5 Å². The summed E-state index contributed by atoms with van der Waals surface area (Å²) in [7, 11) is -3.82. The molecule has 0 bridgehead atoms. The van der Waals surface area contributed by atoms with Crippen molar-refractivity contribution in [2.75, 3.05) is 18.0 Å². The highest BCUT2D eigenvalue weighted by molar-refractivity contribution is 7.89. The van der Waals surface area contributed by atoms with E-state index in [-0.39, 0.29) is 23.8 Å². The number of hydrogen-bond donors (Lipinski definition) is 2. The molecule has 0 saturated heterocycles. The number of anilines is 1.